The van der Waals surface area contributed by atoms with E-state index in [1.54, 1.807) is 0 Å². The lowest BCUT2D eigenvalue weighted by Gasteiger charge is -2.26. The number of nitrogens with one attached hydrogen (secondary N) is 1. The number of halogens is 1. The van der Waals surface area contributed by atoms with Gasteiger partial charge in [0, 0.05) is 29.2 Å². The van der Waals surface area contributed by atoms with Gasteiger partial charge in [-0.15, -0.1) is 11.6 Å². The van der Waals surface area contributed by atoms with Crippen molar-refractivity contribution >= 4 is 17.5 Å². The van der Waals surface area contributed by atoms with Gasteiger partial charge in [0.05, 0.1) is 0 Å². The summed E-state index contributed by atoms with van der Waals surface area (Å²) < 4.78 is 0. The number of hydrogen-bond acceptors (Lipinski definition) is 3. The molecule has 3 nitrogen and oxygen atoms in total. The zero-order valence-electron chi connectivity index (χ0n) is 12.2. The molecule has 0 spiro atoms. The summed E-state index contributed by atoms with van der Waals surface area (Å²) in [4.78, 5) is 9.07. The Labute approximate surface area is 121 Å². The quantitative estimate of drug-likeness (QED) is 0.825. The van der Waals surface area contributed by atoms with Crippen LogP contribution in [0.25, 0.3) is 0 Å². The lowest BCUT2D eigenvalue weighted by molar-refractivity contribution is 0.367. The third kappa shape index (κ3) is 3.59. The molecule has 0 bridgehead atoms. The van der Waals surface area contributed by atoms with Crippen LogP contribution in [-0.4, -0.2) is 22.4 Å². The van der Waals surface area contributed by atoms with E-state index in [4.69, 9.17) is 11.6 Å². The molecule has 1 aromatic rings. The van der Waals surface area contributed by atoms with Crippen LogP contribution in [0.1, 0.15) is 56.8 Å². The third-order valence-electron chi connectivity index (χ3n) is 4.03. The first-order chi connectivity index (χ1) is 9.04. The summed E-state index contributed by atoms with van der Waals surface area (Å²) in [7, 11) is 0. The monoisotopic (exact) mass is 281 g/mol. The van der Waals surface area contributed by atoms with Gasteiger partial charge in [0.25, 0.3) is 0 Å². The lowest BCUT2D eigenvalue weighted by Crippen LogP contribution is -2.29. The number of anilines is 1. The first-order valence-corrected chi connectivity index (χ1v) is 7.73. The predicted octanol–water partition coefficient (Wildman–Crippen LogP) is 4.12. The normalized spacial score (nSPS) is 17.9. The van der Waals surface area contributed by atoms with Crippen LogP contribution in [0, 0.1) is 12.3 Å². The number of rotatable bonds is 5. The van der Waals surface area contributed by atoms with Gasteiger partial charge in [0.2, 0.25) is 5.95 Å². The first kappa shape index (κ1) is 14.6. The van der Waals surface area contributed by atoms with Crippen LogP contribution < -0.4 is 5.32 Å². The summed E-state index contributed by atoms with van der Waals surface area (Å²) >= 11 is 6.16. The van der Waals surface area contributed by atoms with Crippen molar-refractivity contribution in [3.8, 4) is 0 Å². The van der Waals surface area contributed by atoms with E-state index >= 15 is 0 Å². The fraction of sp³-hybridized carbons (Fsp3) is 0.733. The maximum atomic E-state index is 6.16. The van der Waals surface area contributed by atoms with Crippen molar-refractivity contribution in [1.29, 1.82) is 0 Å². The van der Waals surface area contributed by atoms with Gasteiger partial charge in [-0.25, -0.2) is 9.97 Å². The standard InChI is InChI=1S/C15H24ClN3/c1-11(2)13-8-12(3)18-14(19-13)17-10-15(9-16)6-4-5-7-15/h8,11H,4-7,9-10H2,1-3H3,(H,17,18,19). The maximum Gasteiger partial charge on any atom is 0.223 e. The van der Waals surface area contributed by atoms with Crippen molar-refractivity contribution < 1.29 is 0 Å². The summed E-state index contributed by atoms with van der Waals surface area (Å²) in [6.07, 6.45) is 5.01. The number of alkyl halides is 1. The molecular formula is C15H24ClN3. The minimum absolute atomic E-state index is 0.243. The molecule has 0 amide bonds. The van der Waals surface area contributed by atoms with Crippen LogP contribution in [-0.2, 0) is 0 Å². The minimum Gasteiger partial charge on any atom is -0.354 e. The highest BCUT2D eigenvalue weighted by atomic mass is 35.5. The fourth-order valence-electron chi connectivity index (χ4n) is 2.72. The molecule has 1 saturated carbocycles. The van der Waals surface area contributed by atoms with E-state index in [1.807, 2.05) is 6.92 Å². The molecule has 0 unspecified atom stereocenters. The highest BCUT2D eigenvalue weighted by Gasteiger charge is 2.32. The number of hydrogen-bond donors (Lipinski definition) is 1. The summed E-state index contributed by atoms with van der Waals surface area (Å²) in [5, 5.41) is 3.41. The molecule has 1 aliphatic carbocycles. The highest BCUT2D eigenvalue weighted by molar-refractivity contribution is 6.18. The van der Waals surface area contributed by atoms with Gasteiger partial charge in [-0.1, -0.05) is 26.7 Å². The molecule has 0 radical (unpaired) electrons. The van der Waals surface area contributed by atoms with Crippen LogP contribution in [0.3, 0.4) is 0 Å². The van der Waals surface area contributed by atoms with Crippen molar-refractivity contribution in [2.75, 3.05) is 17.7 Å². The Kier molecular flexibility index (Phi) is 4.67. The van der Waals surface area contributed by atoms with E-state index in [0.717, 1.165) is 29.8 Å². The van der Waals surface area contributed by atoms with E-state index in [2.05, 4.69) is 35.2 Å². The Hall–Kier alpha value is -0.830. The second-order valence-electron chi connectivity index (χ2n) is 6.11. The van der Waals surface area contributed by atoms with Crippen molar-refractivity contribution in [3.63, 3.8) is 0 Å². The van der Waals surface area contributed by atoms with E-state index in [0.29, 0.717) is 5.92 Å². The Morgan fingerprint density at radius 1 is 1.32 bits per heavy atom. The smallest absolute Gasteiger partial charge is 0.223 e. The predicted molar refractivity (Wildman–Crippen MR) is 81.0 cm³/mol. The van der Waals surface area contributed by atoms with E-state index < -0.39 is 0 Å². The van der Waals surface area contributed by atoms with Crippen LogP contribution in [0.15, 0.2) is 6.07 Å². The van der Waals surface area contributed by atoms with Crippen LogP contribution in [0.2, 0.25) is 0 Å². The second kappa shape index (κ2) is 6.08. The van der Waals surface area contributed by atoms with Crippen molar-refractivity contribution in [2.45, 2.75) is 52.4 Å². The fourth-order valence-corrected chi connectivity index (χ4v) is 3.08. The average molecular weight is 282 g/mol. The molecular weight excluding hydrogens is 258 g/mol. The number of nitrogens with zero attached hydrogens (tertiary/aromatic N) is 2. The van der Waals surface area contributed by atoms with E-state index in [1.165, 1.54) is 25.7 Å². The molecule has 19 heavy (non-hydrogen) atoms. The summed E-state index contributed by atoms with van der Waals surface area (Å²) in [6, 6.07) is 2.06. The third-order valence-corrected chi connectivity index (χ3v) is 4.60. The zero-order valence-corrected chi connectivity index (χ0v) is 12.9. The maximum absolute atomic E-state index is 6.16. The van der Waals surface area contributed by atoms with Gasteiger partial charge in [0.15, 0.2) is 0 Å². The Bertz CT molecular complexity index is 425. The molecule has 1 heterocycles. The highest BCUT2D eigenvalue weighted by Crippen LogP contribution is 2.39. The molecule has 0 atom stereocenters. The molecule has 1 N–H and O–H groups in total. The molecule has 0 aromatic carbocycles. The van der Waals surface area contributed by atoms with Crippen LogP contribution >= 0.6 is 11.6 Å². The van der Waals surface area contributed by atoms with Gasteiger partial charge >= 0.3 is 0 Å². The molecule has 0 aliphatic heterocycles. The van der Waals surface area contributed by atoms with Gasteiger partial charge < -0.3 is 5.32 Å². The molecule has 2 rings (SSSR count). The average Bonchev–Trinajstić information content (AvgIpc) is 2.85. The molecule has 1 fully saturated rings. The van der Waals surface area contributed by atoms with Gasteiger partial charge in [-0.2, -0.15) is 0 Å². The Morgan fingerprint density at radius 2 is 2.00 bits per heavy atom. The lowest BCUT2D eigenvalue weighted by atomic mass is 9.89. The van der Waals surface area contributed by atoms with Crippen LogP contribution in [0.4, 0.5) is 5.95 Å². The molecule has 1 aliphatic rings. The number of aromatic nitrogens is 2. The van der Waals surface area contributed by atoms with Crippen molar-refractivity contribution in [2.24, 2.45) is 5.41 Å². The topological polar surface area (TPSA) is 37.8 Å². The van der Waals surface area contributed by atoms with E-state index in [-0.39, 0.29) is 5.41 Å². The SMILES string of the molecule is Cc1cc(C(C)C)nc(NCC2(CCl)CCCC2)n1. The van der Waals surface area contributed by atoms with E-state index in [9.17, 15) is 0 Å². The summed E-state index contributed by atoms with van der Waals surface area (Å²) in [5.41, 5.74) is 2.36. The van der Waals surface area contributed by atoms with Gasteiger partial charge in [0.1, 0.15) is 0 Å². The summed E-state index contributed by atoms with van der Waals surface area (Å²) in [5.74, 6) is 1.90. The Morgan fingerprint density at radius 3 is 2.58 bits per heavy atom. The first-order valence-electron chi connectivity index (χ1n) is 7.20. The molecule has 4 heteroatoms. The zero-order chi connectivity index (χ0) is 13.9. The second-order valence-corrected chi connectivity index (χ2v) is 6.37. The molecule has 1 aromatic heterocycles. The van der Waals surface area contributed by atoms with Gasteiger partial charge in [-0.3, -0.25) is 0 Å². The largest absolute Gasteiger partial charge is 0.354 e. The van der Waals surface area contributed by atoms with Crippen LogP contribution in [0.5, 0.6) is 0 Å². The summed E-state index contributed by atoms with van der Waals surface area (Å²) in [6.45, 7) is 7.22. The van der Waals surface area contributed by atoms with Crippen molar-refractivity contribution in [3.05, 3.63) is 17.5 Å². The molecule has 0 saturated heterocycles. The van der Waals surface area contributed by atoms with Gasteiger partial charge in [-0.05, 0) is 31.7 Å². The Balaban J connectivity index is 2.06. The minimum atomic E-state index is 0.243. The number of aryl methyl sites for hydroxylation is 1. The van der Waals surface area contributed by atoms with Crippen molar-refractivity contribution in [1.82, 2.24) is 9.97 Å². The molecule has 106 valence electrons.